The molecule has 0 spiro atoms. The van der Waals surface area contributed by atoms with Crippen molar-refractivity contribution >= 4 is 11.6 Å². The van der Waals surface area contributed by atoms with Crippen LogP contribution in [0.1, 0.15) is 30.0 Å². The molecule has 0 amide bonds. The molecule has 0 radical (unpaired) electrons. The molecule has 0 saturated carbocycles. The van der Waals surface area contributed by atoms with Crippen molar-refractivity contribution < 1.29 is 4.74 Å². The van der Waals surface area contributed by atoms with Crippen LogP contribution in [0.2, 0.25) is 5.02 Å². The van der Waals surface area contributed by atoms with Crippen LogP contribution in [-0.4, -0.2) is 13.7 Å². The van der Waals surface area contributed by atoms with Crippen LogP contribution in [0.4, 0.5) is 0 Å². The molecule has 1 aromatic carbocycles. The van der Waals surface area contributed by atoms with E-state index in [1.165, 1.54) is 24.0 Å². The average Bonchev–Trinajstić information content (AvgIpc) is 2.71. The summed E-state index contributed by atoms with van der Waals surface area (Å²) in [5, 5.41) is 4.18. The summed E-state index contributed by atoms with van der Waals surface area (Å²) in [6.45, 7) is 3.20. The van der Waals surface area contributed by atoms with Gasteiger partial charge in [0.1, 0.15) is 5.75 Å². The molecule has 15 heavy (non-hydrogen) atoms. The maximum absolute atomic E-state index is 6.06. The van der Waals surface area contributed by atoms with Crippen molar-refractivity contribution in [3.05, 3.63) is 28.3 Å². The minimum atomic E-state index is 0.469. The van der Waals surface area contributed by atoms with Gasteiger partial charge in [0.15, 0.2) is 0 Å². The van der Waals surface area contributed by atoms with E-state index in [0.29, 0.717) is 11.1 Å². The van der Waals surface area contributed by atoms with Gasteiger partial charge in [0.25, 0.3) is 0 Å². The third kappa shape index (κ3) is 2.11. The zero-order valence-electron chi connectivity index (χ0n) is 9.14. The molecule has 2 nitrogen and oxygen atoms in total. The Labute approximate surface area is 95.6 Å². The predicted molar refractivity (Wildman–Crippen MR) is 62.7 cm³/mol. The third-order valence-electron chi connectivity index (χ3n) is 2.98. The minimum absolute atomic E-state index is 0.469. The number of aryl methyl sites for hydroxylation is 1. The van der Waals surface area contributed by atoms with Crippen molar-refractivity contribution in [1.82, 2.24) is 5.32 Å². The lowest BCUT2D eigenvalue weighted by Gasteiger charge is -2.16. The van der Waals surface area contributed by atoms with Crippen molar-refractivity contribution in [2.75, 3.05) is 13.7 Å². The maximum Gasteiger partial charge on any atom is 0.137 e. The van der Waals surface area contributed by atoms with Crippen LogP contribution in [0.25, 0.3) is 0 Å². The summed E-state index contributed by atoms with van der Waals surface area (Å²) < 4.78 is 5.24. The fourth-order valence-corrected chi connectivity index (χ4v) is 2.45. The van der Waals surface area contributed by atoms with Crippen molar-refractivity contribution in [1.29, 1.82) is 0 Å². The topological polar surface area (TPSA) is 21.3 Å². The zero-order valence-corrected chi connectivity index (χ0v) is 9.90. The van der Waals surface area contributed by atoms with Crippen LogP contribution in [0.15, 0.2) is 12.1 Å². The first kappa shape index (κ1) is 10.8. The van der Waals surface area contributed by atoms with Crippen LogP contribution >= 0.6 is 11.6 Å². The Hall–Kier alpha value is -0.730. The highest BCUT2D eigenvalue weighted by molar-refractivity contribution is 6.32. The number of hydrogen-bond donors (Lipinski definition) is 1. The molecule has 1 fully saturated rings. The molecule has 1 unspecified atom stereocenters. The lowest BCUT2D eigenvalue weighted by molar-refractivity contribution is 0.413. The Balaban J connectivity index is 2.37. The van der Waals surface area contributed by atoms with E-state index in [2.05, 4.69) is 18.3 Å². The molecular weight excluding hydrogens is 210 g/mol. The number of benzene rings is 1. The Morgan fingerprint density at radius 1 is 1.47 bits per heavy atom. The summed E-state index contributed by atoms with van der Waals surface area (Å²) in [5.41, 5.74) is 2.55. The second-order valence-corrected chi connectivity index (χ2v) is 4.40. The zero-order chi connectivity index (χ0) is 10.8. The molecule has 0 aromatic heterocycles. The number of rotatable bonds is 2. The van der Waals surface area contributed by atoms with Gasteiger partial charge in [0, 0.05) is 6.04 Å². The van der Waals surface area contributed by atoms with Crippen molar-refractivity contribution in [3.63, 3.8) is 0 Å². The second-order valence-electron chi connectivity index (χ2n) is 3.99. The van der Waals surface area contributed by atoms with E-state index in [-0.39, 0.29) is 0 Å². The van der Waals surface area contributed by atoms with E-state index in [1.54, 1.807) is 7.11 Å². The molecule has 1 atom stereocenters. The Kier molecular flexibility index (Phi) is 3.17. The molecule has 1 aliphatic heterocycles. The minimum Gasteiger partial charge on any atom is -0.495 e. The summed E-state index contributed by atoms with van der Waals surface area (Å²) in [5.74, 6) is 0.769. The molecule has 1 aromatic rings. The Bertz CT molecular complexity index is 359. The predicted octanol–water partition coefficient (Wildman–Crippen LogP) is 3.08. The van der Waals surface area contributed by atoms with Crippen molar-refractivity contribution in [3.8, 4) is 5.75 Å². The molecule has 2 rings (SSSR count). The highest BCUT2D eigenvalue weighted by atomic mass is 35.5. The van der Waals surface area contributed by atoms with Gasteiger partial charge in [-0.25, -0.2) is 0 Å². The fourth-order valence-electron chi connectivity index (χ4n) is 2.15. The van der Waals surface area contributed by atoms with Crippen LogP contribution in [0, 0.1) is 6.92 Å². The number of halogens is 1. The SMILES string of the molecule is COc1cc(C2CCCN2)c(C)cc1Cl. The standard InChI is InChI=1S/C12H16ClNO/c1-8-6-10(13)12(15-2)7-9(8)11-4-3-5-14-11/h6-7,11,14H,3-5H2,1-2H3. The van der Waals surface area contributed by atoms with E-state index < -0.39 is 0 Å². The highest BCUT2D eigenvalue weighted by Crippen LogP contribution is 2.33. The van der Waals surface area contributed by atoms with Gasteiger partial charge < -0.3 is 10.1 Å². The molecule has 1 N–H and O–H groups in total. The van der Waals surface area contributed by atoms with Gasteiger partial charge in [-0.3, -0.25) is 0 Å². The summed E-state index contributed by atoms with van der Waals surface area (Å²) in [4.78, 5) is 0. The van der Waals surface area contributed by atoms with E-state index in [0.717, 1.165) is 12.3 Å². The molecule has 3 heteroatoms. The molecule has 1 aliphatic rings. The second kappa shape index (κ2) is 4.42. The Morgan fingerprint density at radius 3 is 2.87 bits per heavy atom. The summed E-state index contributed by atoms with van der Waals surface area (Å²) in [6, 6.07) is 4.51. The lowest BCUT2D eigenvalue weighted by atomic mass is 10.00. The smallest absolute Gasteiger partial charge is 0.137 e. The van der Waals surface area contributed by atoms with Crippen molar-refractivity contribution in [2.24, 2.45) is 0 Å². The lowest BCUT2D eigenvalue weighted by Crippen LogP contribution is -2.14. The van der Waals surface area contributed by atoms with Crippen LogP contribution in [-0.2, 0) is 0 Å². The van der Waals surface area contributed by atoms with E-state index >= 15 is 0 Å². The summed E-state index contributed by atoms with van der Waals surface area (Å²) >= 11 is 6.06. The van der Waals surface area contributed by atoms with Crippen molar-refractivity contribution in [2.45, 2.75) is 25.8 Å². The van der Waals surface area contributed by atoms with E-state index in [9.17, 15) is 0 Å². The summed E-state index contributed by atoms with van der Waals surface area (Å²) in [6.07, 6.45) is 2.45. The third-order valence-corrected chi connectivity index (χ3v) is 3.27. The van der Waals surface area contributed by atoms with Gasteiger partial charge in [-0.2, -0.15) is 0 Å². The van der Waals surface area contributed by atoms with Gasteiger partial charge in [0.2, 0.25) is 0 Å². The first-order chi connectivity index (χ1) is 7.22. The molecule has 0 aliphatic carbocycles. The molecule has 1 heterocycles. The largest absolute Gasteiger partial charge is 0.495 e. The van der Waals surface area contributed by atoms with Gasteiger partial charge in [0.05, 0.1) is 12.1 Å². The monoisotopic (exact) mass is 225 g/mol. The normalized spacial score (nSPS) is 20.6. The summed E-state index contributed by atoms with van der Waals surface area (Å²) in [7, 11) is 1.66. The number of nitrogens with one attached hydrogen (secondary N) is 1. The van der Waals surface area contributed by atoms with Crippen LogP contribution in [0.3, 0.4) is 0 Å². The number of methoxy groups -OCH3 is 1. The van der Waals surface area contributed by atoms with Gasteiger partial charge in [-0.05, 0) is 49.6 Å². The molecule has 1 saturated heterocycles. The Morgan fingerprint density at radius 2 is 2.27 bits per heavy atom. The first-order valence-corrected chi connectivity index (χ1v) is 5.67. The van der Waals surface area contributed by atoms with Crippen LogP contribution in [0.5, 0.6) is 5.75 Å². The van der Waals surface area contributed by atoms with Crippen LogP contribution < -0.4 is 10.1 Å². The highest BCUT2D eigenvalue weighted by Gasteiger charge is 2.19. The average molecular weight is 226 g/mol. The first-order valence-electron chi connectivity index (χ1n) is 5.30. The van der Waals surface area contributed by atoms with Gasteiger partial charge >= 0.3 is 0 Å². The van der Waals surface area contributed by atoms with E-state index in [4.69, 9.17) is 16.3 Å². The molecule has 82 valence electrons. The number of ether oxygens (including phenoxy) is 1. The quantitative estimate of drug-likeness (QED) is 0.835. The van der Waals surface area contributed by atoms with E-state index in [1.807, 2.05) is 6.07 Å². The molecular formula is C12H16ClNO. The molecule has 0 bridgehead atoms. The van der Waals surface area contributed by atoms with Gasteiger partial charge in [-0.1, -0.05) is 11.6 Å². The van der Waals surface area contributed by atoms with Gasteiger partial charge in [-0.15, -0.1) is 0 Å². The fraction of sp³-hybridized carbons (Fsp3) is 0.500. The number of hydrogen-bond acceptors (Lipinski definition) is 2. The maximum atomic E-state index is 6.06.